The number of nitrogens with one attached hydrogen (secondary N) is 1. The number of hydrogen-bond donors (Lipinski definition) is 2. The van der Waals surface area contributed by atoms with E-state index in [2.05, 4.69) is 27.1 Å². The molecule has 4 nitrogen and oxygen atoms in total. The van der Waals surface area contributed by atoms with E-state index < -0.39 is 11.9 Å². The number of rotatable bonds is 5. The summed E-state index contributed by atoms with van der Waals surface area (Å²) < 4.78 is 0. The van der Waals surface area contributed by atoms with E-state index in [1.54, 1.807) is 22.7 Å². The number of aromatic nitrogens is 1. The second-order valence-electron chi connectivity index (χ2n) is 4.57. The van der Waals surface area contributed by atoms with Crippen LogP contribution in [0.15, 0.2) is 16.8 Å². The first kappa shape index (κ1) is 12.6. The Balaban J connectivity index is 1.61. The molecule has 0 saturated carbocycles. The predicted octanol–water partition coefficient (Wildman–Crippen LogP) is 2.97. The van der Waals surface area contributed by atoms with Crippen LogP contribution in [0.1, 0.15) is 28.5 Å². The number of aliphatic carboxylic acids is 1. The molecule has 2 heterocycles. The zero-order chi connectivity index (χ0) is 13.2. The number of hydrogen-bond acceptors (Lipinski definition) is 5. The van der Waals surface area contributed by atoms with E-state index in [9.17, 15) is 4.79 Å². The third-order valence-electron chi connectivity index (χ3n) is 3.29. The minimum atomic E-state index is -0.756. The lowest BCUT2D eigenvalue weighted by Gasteiger charge is -2.03. The largest absolute Gasteiger partial charge is 0.481 e. The number of nitrogens with zero attached hydrogens (tertiary/aromatic N) is 1. The summed E-state index contributed by atoms with van der Waals surface area (Å²) in [5, 5.41) is 17.5. The van der Waals surface area contributed by atoms with Crippen molar-refractivity contribution in [2.24, 2.45) is 0 Å². The van der Waals surface area contributed by atoms with Gasteiger partial charge in [0, 0.05) is 11.4 Å². The van der Waals surface area contributed by atoms with E-state index in [4.69, 9.17) is 5.11 Å². The van der Waals surface area contributed by atoms with Crippen LogP contribution >= 0.6 is 22.7 Å². The Morgan fingerprint density at radius 1 is 1.58 bits per heavy atom. The number of fused-ring (bicyclic) bond motifs is 1. The number of thiophene rings is 1. The van der Waals surface area contributed by atoms with E-state index >= 15 is 0 Å². The molecule has 2 N–H and O–H groups in total. The van der Waals surface area contributed by atoms with Crippen molar-refractivity contribution in [3.63, 3.8) is 0 Å². The zero-order valence-corrected chi connectivity index (χ0v) is 11.9. The van der Waals surface area contributed by atoms with E-state index in [1.807, 2.05) is 0 Å². The van der Waals surface area contributed by atoms with Crippen molar-refractivity contribution in [2.45, 2.75) is 25.2 Å². The lowest BCUT2D eigenvalue weighted by molar-refractivity contribution is -0.138. The van der Waals surface area contributed by atoms with Gasteiger partial charge in [-0.25, -0.2) is 4.98 Å². The first-order valence-electron chi connectivity index (χ1n) is 6.21. The molecule has 0 amide bonds. The first-order chi connectivity index (χ1) is 9.24. The van der Waals surface area contributed by atoms with Crippen molar-refractivity contribution in [3.05, 3.63) is 33.0 Å². The maximum absolute atomic E-state index is 11.1. The van der Waals surface area contributed by atoms with Crippen molar-refractivity contribution in [2.75, 3.05) is 11.9 Å². The van der Waals surface area contributed by atoms with Crippen LogP contribution in [0.4, 0.5) is 5.13 Å². The Kier molecular flexibility index (Phi) is 3.52. The van der Waals surface area contributed by atoms with Crippen LogP contribution in [0.5, 0.6) is 0 Å². The van der Waals surface area contributed by atoms with E-state index in [1.165, 1.54) is 5.56 Å². The van der Waals surface area contributed by atoms with Gasteiger partial charge in [-0.1, -0.05) is 0 Å². The summed E-state index contributed by atoms with van der Waals surface area (Å²) >= 11 is 3.30. The highest BCUT2D eigenvalue weighted by Crippen LogP contribution is 2.38. The summed E-state index contributed by atoms with van der Waals surface area (Å²) in [6.45, 7) is 0.834. The van der Waals surface area contributed by atoms with E-state index in [-0.39, 0.29) is 0 Å². The topological polar surface area (TPSA) is 62.2 Å². The minimum Gasteiger partial charge on any atom is -0.481 e. The number of carbonyl (C=O) groups is 1. The highest BCUT2D eigenvalue weighted by Gasteiger charge is 2.32. The molecular formula is C13H14N2O2S2. The SMILES string of the molecule is O=C(O)C1CCc2sc(NCCc3ccsc3)nc21. The Morgan fingerprint density at radius 2 is 2.47 bits per heavy atom. The monoisotopic (exact) mass is 294 g/mol. The molecule has 0 fully saturated rings. The molecule has 1 aliphatic carbocycles. The molecule has 19 heavy (non-hydrogen) atoms. The summed E-state index contributed by atoms with van der Waals surface area (Å²) in [6.07, 6.45) is 2.50. The summed E-state index contributed by atoms with van der Waals surface area (Å²) in [7, 11) is 0. The van der Waals surface area contributed by atoms with Crippen LogP contribution in [0.25, 0.3) is 0 Å². The van der Waals surface area contributed by atoms with Crippen LogP contribution in [0.2, 0.25) is 0 Å². The van der Waals surface area contributed by atoms with Gasteiger partial charge in [-0.2, -0.15) is 11.3 Å². The van der Waals surface area contributed by atoms with Gasteiger partial charge in [-0.15, -0.1) is 11.3 Å². The van der Waals surface area contributed by atoms with Crippen LogP contribution in [0, 0.1) is 0 Å². The fourth-order valence-corrected chi connectivity index (χ4v) is 4.06. The zero-order valence-electron chi connectivity index (χ0n) is 10.3. The lowest BCUT2D eigenvalue weighted by atomic mass is 10.1. The van der Waals surface area contributed by atoms with Crippen LogP contribution in [-0.4, -0.2) is 22.6 Å². The second-order valence-corrected chi connectivity index (χ2v) is 6.43. The van der Waals surface area contributed by atoms with Crippen LogP contribution in [-0.2, 0) is 17.6 Å². The standard InChI is InChI=1S/C13H14N2O2S2/c16-12(17)9-1-2-10-11(9)15-13(19-10)14-5-3-8-4-6-18-7-8/h4,6-7,9H,1-3,5H2,(H,14,15)(H,16,17). The number of thiazole rings is 1. The molecule has 1 aliphatic rings. The maximum atomic E-state index is 11.1. The summed E-state index contributed by atoms with van der Waals surface area (Å²) in [5.74, 6) is -1.16. The van der Waals surface area contributed by atoms with Gasteiger partial charge in [0.2, 0.25) is 0 Å². The Bertz CT molecular complexity index is 577. The molecule has 2 aromatic heterocycles. The lowest BCUT2D eigenvalue weighted by Crippen LogP contribution is -2.09. The third kappa shape index (κ3) is 2.64. The van der Waals surface area contributed by atoms with Gasteiger partial charge in [0.05, 0.1) is 5.69 Å². The van der Waals surface area contributed by atoms with Gasteiger partial charge in [-0.05, 0) is 41.7 Å². The molecule has 6 heteroatoms. The smallest absolute Gasteiger partial charge is 0.312 e. The quantitative estimate of drug-likeness (QED) is 0.890. The van der Waals surface area contributed by atoms with Crippen molar-refractivity contribution in [3.8, 4) is 0 Å². The summed E-state index contributed by atoms with van der Waals surface area (Å²) in [4.78, 5) is 16.7. The number of aryl methyl sites for hydroxylation is 1. The molecule has 3 rings (SSSR count). The number of carboxylic acid groups (broad SMARTS) is 1. The highest BCUT2D eigenvalue weighted by molar-refractivity contribution is 7.15. The number of anilines is 1. The van der Waals surface area contributed by atoms with Crippen molar-refractivity contribution in [1.82, 2.24) is 4.98 Å². The van der Waals surface area contributed by atoms with Crippen LogP contribution < -0.4 is 5.32 Å². The normalized spacial score (nSPS) is 17.4. The molecule has 0 aliphatic heterocycles. The summed E-state index contributed by atoms with van der Waals surface area (Å²) in [5.41, 5.74) is 2.10. The average molecular weight is 294 g/mol. The van der Waals surface area contributed by atoms with Gasteiger partial charge in [-0.3, -0.25) is 4.79 Å². The van der Waals surface area contributed by atoms with Crippen molar-refractivity contribution < 1.29 is 9.90 Å². The molecular weight excluding hydrogens is 280 g/mol. The van der Waals surface area contributed by atoms with Gasteiger partial charge < -0.3 is 10.4 Å². The van der Waals surface area contributed by atoms with Gasteiger partial charge >= 0.3 is 5.97 Å². The third-order valence-corrected chi connectivity index (χ3v) is 5.11. The Morgan fingerprint density at radius 3 is 3.21 bits per heavy atom. The Hall–Kier alpha value is -1.40. The molecule has 0 aromatic carbocycles. The Labute approximate surface area is 119 Å². The number of carboxylic acids is 1. The molecule has 1 unspecified atom stereocenters. The van der Waals surface area contributed by atoms with Gasteiger partial charge in [0.25, 0.3) is 0 Å². The first-order valence-corrected chi connectivity index (χ1v) is 7.97. The fourth-order valence-electron chi connectivity index (χ4n) is 2.29. The molecule has 0 saturated heterocycles. The van der Waals surface area contributed by atoms with Crippen molar-refractivity contribution >= 4 is 33.8 Å². The summed E-state index contributed by atoms with van der Waals surface area (Å²) in [6, 6.07) is 2.12. The molecule has 0 spiro atoms. The molecule has 2 aromatic rings. The molecule has 1 atom stereocenters. The minimum absolute atomic E-state index is 0.404. The van der Waals surface area contributed by atoms with E-state index in [0.717, 1.165) is 35.1 Å². The molecule has 0 bridgehead atoms. The predicted molar refractivity (Wildman–Crippen MR) is 77.3 cm³/mol. The van der Waals surface area contributed by atoms with E-state index in [0.29, 0.717) is 6.42 Å². The highest BCUT2D eigenvalue weighted by atomic mass is 32.1. The van der Waals surface area contributed by atoms with Crippen molar-refractivity contribution in [1.29, 1.82) is 0 Å². The molecule has 0 radical (unpaired) electrons. The van der Waals surface area contributed by atoms with Gasteiger partial charge in [0.1, 0.15) is 5.92 Å². The van der Waals surface area contributed by atoms with Crippen LogP contribution in [0.3, 0.4) is 0 Å². The molecule has 100 valence electrons. The average Bonchev–Trinajstić information content (AvgIpc) is 3.03. The fraction of sp³-hybridized carbons (Fsp3) is 0.385. The second kappa shape index (κ2) is 5.30. The maximum Gasteiger partial charge on any atom is 0.312 e. The van der Waals surface area contributed by atoms with Gasteiger partial charge in [0.15, 0.2) is 5.13 Å².